The zero-order valence-electron chi connectivity index (χ0n) is 9.92. The number of halogens is 1. The largest absolute Gasteiger partial charge is 0.329 e. The number of nitrogens with one attached hydrogen (secondary N) is 1. The molecule has 17 heavy (non-hydrogen) atoms. The van der Waals surface area contributed by atoms with E-state index in [9.17, 15) is 4.79 Å². The number of anilines is 1. The van der Waals surface area contributed by atoms with Crippen molar-refractivity contribution in [1.29, 1.82) is 0 Å². The van der Waals surface area contributed by atoms with E-state index in [2.05, 4.69) is 21.2 Å². The summed E-state index contributed by atoms with van der Waals surface area (Å²) in [5.74, 6) is 0.0574. The third-order valence-corrected chi connectivity index (χ3v) is 4.47. The Labute approximate surface area is 110 Å². The molecular formula is C13H17BrN2O. The van der Waals surface area contributed by atoms with Gasteiger partial charge in [-0.15, -0.1) is 0 Å². The fourth-order valence-electron chi connectivity index (χ4n) is 2.06. The summed E-state index contributed by atoms with van der Waals surface area (Å²) in [6.07, 6.45) is 2.91. The molecule has 1 aromatic carbocycles. The van der Waals surface area contributed by atoms with Gasteiger partial charge in [0.25, 0.3) is 0 Å². The van der Waals surface area contributed by atoms with Crippen LogP contribution in [-0.2, 0) is 4.79 Å². The summed E-state index contributed by atoms with van der Waals surface area (Å²) in [6.45, 7) is 2.45. The molecule has 3 N–H and O–H groups in total. The lowest BCUT2D eigenvalue weighted by molar-refractivity contribution is -0.129. The molecule has 1 fully saturated rings. The molecule has 4 heteroatoms. The number of carbonyl (C=O) groups excluding carboxylic acids is 1. The number of benzene rings is 1. The average molecular weight is 297 g/mol. The summed E-state index contributed by atoms with van der Waals surface area (Å²) < 4.78 is 1.01. The Morgan fingerprint density at radius 1 is 1.53 bits per heavy atom. The van der Waals surface area contributed by atoms with E-state index in [1.165, 1.54) is 0 Å². The molecule has 92 valence electrons. The molecule has 1 amide bonds. The second-order valence-corrected chi connectivity index (χ2v) is 5.61. The molecule has 0 atom stereocenters. The number of hydrogen-bond acceptors (Lipinski definition) is 2. The lowest BCUT2D eigenvalue weighted by atomic mass is 9.68. The van der Waals surface area contributed by atoms with Crippen LogP contribution in [0.15, 0.2) is 22.7 Å². The van der Waals surface area contributed by atoms with E-state index in [0.29, 0.717) is 6.54 Å². The van der Waals surface area contributed by atoms with Gasteiger partial charge in [-0.2, -0.15) is 0 Å². The summed E-state index contributed by atoms with van der Waals surface area (Å²) in [4.78, 5) is 12.1. The fourth-order valence-corrected chi connectivity index (χ4v) is 2.44. The Morgan fingerprint density at radius 3 is 2.71 bits per heavy atom. The maximum absolute atomic E-state index is 12.1. The van der Waals surface area contributed by atoms with Gasteiger partial charge in [0.2, 0.25) is 5.91 Å². The molecule has 0 aromatic heterocycles. The van der Waals surface area contributed by atoms with Gasteiger partial charge in [0.1, 0.15) is 0 Å². The quantitative estimate of drug-likeness (QED) is 0.901. The first-order valence-electron chi connectivity index (χ1n) is 5.85. The molecule has 0 spiro atoms. The maximum atomic E-state index is 12.1. The normalized spacial score (nSPS) is 17.4. The number of nitrogens with two attached hydrogens (primary N) is 1. The van der Waals surface area contributed by atoms with Crippen molar-refractivity contribution in [2.75, 3.05) is 11.9 Å². The van der Waals surface area contributed by atoms with Gasteiger partial charge < -0.3 is 11.1 Å². The van der Waals surface area contributed by atoms with Gasteiger partial charge in [-0.25, -0.2) is 0 Å². The van der Waals surface area contributed by atoms with Crippen LogP contribution in [0.5, 0.6) is 0 Å². The van der Waals surface area contributed by atoms with Crippen molar-refractivity contribution >= 4 is 27.5 Å². The monoisotopic (exact) mass is 296 g/mol. The van der Waals surface area contributed by atoms with Gasteiger partial charge in [-0.1, -0.05) is 28.4 Å². The molecular weight excluding hydrogens is 280 g/mol. The van der Waals surface area contributed by atoms with Crippen molar-refractivity contribution in [2.24, 2.45) is 11.1 Å². The number of amides is 1. The number of carbonyl (C=O) groups is 1. The van der Waals surface area contributed by atoms with Crippen LogP contribution < -0.4 is 11.1 Å². The first kappa shape index (κ1) is 12.6. The minimum Gasteiger partial charge on any atom is -0.329 e. The Kier molecular flexibility index (Phi) is 3.54. The van der Waals surface area contributed by atoms with E-state index in [4.69, 9.17) is 5.73 Å². The van der Waals surface area contributed by atoms with Crippen LogP contribution in [-0.4, -0.2) is 12.5 Å². The van der Waals surface area contributed by atoms with Crippen molar-refractivity contribution in [3.8, 4) is 0 Å². The SMILES string of the molecule is Cc1ccc(NC(=O)C2(CN)CCC2)cc1Br. The summed E-state index contributed by atoms with van der Waals surface area (Å²) in [5, 5.41) is 2.95. The molecule has 0 bridgehead atoms. The van der Waals surface area contributed by atoms with Crippen LogP contribution in [0.3, 0.4) is 0 Å². The molecule has 1 aromatic rings. The molecule has 1 aliphatic carbocycles. The first-order chi connectivity index (χ1) is 8.07. The molecule has 0 radical (unpaired) electrons. The Hall–Kier alpha value is -0.870. The predicted octanol–water partition coefficient (Wildman–Crippen LogP) is 2.83. The highest BCUT2D eigenvalue weighted by Gasteiger charge is 2.42. The minimum atomic E-state index is -0.322. The molecule has 2 rings (SSSR count). The summed E-state index contributed by atoms with van der Waals surface area (Å²) in [5.41, 5.74) is 7.36. The van der Waals surface area contributed by atoms with Crippen molar-refractivity contribution < 1.29 is 4.79 Å². The maximum Gasteiger partial charge on any atom is 0.231 e. The second kappa shape index (κ2) is 4.78. The number of rotatable bonds is 3. The van der Waals surface area contributed by atoms with E-state index >= 15 is 0 Å². The second-order valence-electron chi connectivity index (χ2n) is 4.76. The third-order valence-electron chi connectivity index (χ3n) is 3.61. The lowest BCUT2D eigenvalue weighted by Crippen LogP contribution is -2.47. The highest BCUT2D eigenvalue weighted by molar-refractivity contribution is 9.10. The molecule has 1 saturated carbocycles. The standard InChI is InChI=1S/C13H17BrN2O/c1-9-3-4-10(7-11(9)14)16-12(17)13(8-15)5-2-6-13/h3-4,7H,2,5-6,8,15H2,1H3,(H,16,17). The Morgan fingerprint density at radius 2 is 2.24 bits per heavy atom. The van der Waals surface area contributed by atoms with E-state index < -0.39 is 0 Å². The number of hydrogen-bond donors (Lipinski definition) is 2. The van der Waals surface area contributed by atoms with Crippen LogP contribution in [0.2, 0.25) is 0 Å². The minimum absolute atomic E-state index is 0.0574. The van der Waals surface area contributed by atoms with E-state index in [1.54, 1.807) is 0 Å². The lowest BCUT2D eigenvalue weighted by Gasteiger charge is -2.39. The zero-order valence-corrected chi connectivity index (χ0v) is 11.5. The molecule has 3 nitrogen and oxygen atoms in total. The van der Waals surface area contributed by atoms with Gasteiger partial charge in [-0.3, -0.25) is 4.79 Å². The van der Waals surface area contributed by atoms with E-state index in [1.807, 2.05) is 25.1 Å². The van der Waals surface area contributed by atoms with Crippen molar-refractivity contribution in [2.45, 2.75) is 26.2 Å². The molecule has 0 saturated heterocycles. The summed E-state index contributed by atoms with van der Waals surface area (Å²) in [6, 6.07) is 5.83. The van der Waals surface area contributed by atoms with Gasteiger partial charge in [0, 0.05) is 16.7 Å². The highest BCUT2D eigenvalue weighted by atomic mass is 79.9. The smallest absolute Gasteiger partial charge is 0.231 e. The summed E-state index contributed by atoms with van der Waals surface area (Å²) in [7, 11) is 0. The molecule has 1 aliphatic rings. The first-order valence-corrected chi connectivity index (χ1v) is 6.64. The van der Waals surface area contributed by atoms with Crippen LogP contribution in [0.25, 0.3) is 0 Å². The summed E-state index contributed by atoms with van der Waals surface area (Å²) >= 11 is 3.46. The van der Waals surface area contributed by atoms with Gasteiger partial charge in [0.15, 0.2) is 0 Å². The van der Waals surface area contributed by atoms with Crippen molar-refractivity contribution in [3.05, 3.63) is 28.2 Å². The Bertz CT molecular complexity index is 436. The third kappa shape index (κ3) is 2.38. The predicted molar refractivity (Wildman–Crippen MR) is 72.8 cm³/mol. The Balaban J connectivity index is 2.10. The average Bonchev–Trinajstić information content (AvgIpc) is 2.23. The topological polar surface area (TPSA) is 55.1 Å². The molecule has 0 unspecified atom stereocenters. The van der Waals surface area contributed by atoms with Crippen LogP contribution in [0, 0.1) is 12.3 Å². The highest BCUT2D eigenvalue weighted by Crippen LogP contribution is 2.40. The van der Waals surface area contributed by atoms with Gasteiger partial charge in [0.05, 0.1) is 5.41 Å². The molecule has 0 aliphatic heterocycles. The van der Waals surface area contributed by atoms with Gasteiger partial charge in [-0.05, 0) is 37.5 Å². The van der Waals surface area contributed by atoms with Crippen LogP contribution in [0.4, 0.5) is 5.69 Å². The zero-order chi connectivity index (χ0) is 12.5. The van der Waals surface area contributed by atoms with E-state index in [-0.39, 0.29) is 11.3 Å². The van der Waals surface area contributed by atoms with E-state index in [0.717, 1.165) is 35.0 Å². The van der Waals surface area contributed by atoms with Crippen LogP contribution in [0.1, 0.15) is 24.8 Å². The number of aryl methyl sites for hydroxylation is 1. The van der Waals surface area contributed by atoms with Crippen molar-refractivity contribution in [3.63, 3.8) is 0 Å². The van der Waals surface area contributed by atoms with Crippen molar-refractivity contribution in [1.82, 2.24) is 0 Å². The van der Waals surface area contributed by atoms with Gasteiger partial charge >= 0.3 is 0 Å². The van der Waals surface area contributed by atoms with Crippen LogP contribution >= 0.6 is 15.9 Å². The molecule has 0 heterocycles. The fraction of sp³-hybridized carbons (Fsp3) is 0.462.